The molecule has 1 aliphatic heterocycles. The molecule has 1 fully saturated rings. The van der Waals surface area contributed by atoms with Gasteiger partial charge in [0.05, 0.1) is 12.5 Å². The number of aliphatic carboxylic acids is 1. The summed E-state index contributed by atoms with van der Waals surface area (Å²) in [7, 11) is 0. The maximum atomic E-state index is 12.0. The van der Waals surface area contributed by atoms with Crippen molar-refractivity contribution in [2.75, 3.05) is 26.2 Å². The molecule has 1 aromatic rings. The molecule has 1 aliphatic rings. The lowest BCUT2D eigenvalue weighted by atomic mass is 9.97. The molecule has 0 unspecified atom stereocenters. The molecule has 1 aromatic heterocycles. The van der Waals surface area contributed by atoms with Crippen molar-refractivity contribution in [2.45, 2.75) is 25.8 Å². The minimum absolute atomic E-state index is 0.0536. The summed E-state index contributed by atoms with van der Waals surface area (Å²) in [6, 6.07) is 1.89. The number of nitrogens with one attached hydrogen (secondary N) is 1. The van der Waals surface area contributed by atoms with Crippen LogP contribution in [0.2, 0.25) is 0 Å². The zero-order chi connectivity index (χ0) is 15.1. The number of amides is 1. The molecule has 2 heterocycles. The first kappa shape index (κ1) is 15.5. The third-order valence-corrected chi connectivity index (χ3v) is 3.77. The molecule has 0 spiro atoms. The van der Waals surface area contributed by atoms with Gasteiger partial charge in [0.25, 0.3) is 0 Å². The molecule has 0 saturated carbocycles. The van der Waals surface area contributed by atoms with Crippen LogP contribution in [0.4, 0.5) is 0 Å². The Hall–Kier alpha value is -1.89. The molecule has 0 aliphatic carbocycles. The number of hydrogen-bond acceptors (Lipinski definition) is 4. The van der Waals surface area contributed by atoms with Gasteiger partial charge in [-0.2, -0.15) is 5.10 Å². The monoisotopic (exact) mass is 294 g/mol. The van der Waals surface area contributed by atoms with Gasteiger partial charge in [-0.25, -0.2) is 0 Å². The fourth-order valence-corrected chi connectivity index (χ4v) is 2.48. The van der Waals surface area contributed by atoms with Crippen LogP contribution < -0.4 is 5.32 Å². The van der Waals surface area contributed by atoms with Crippen LogP contribution in [0.15, 0.2) is 18.5 Å². The van der Waals surface area contributed by atoms with Crippen LogP contribution in [0.1, 0.15) is 19.3 Å². The van der Waals surface area contributed by atoms with Crippen LogP contribution in [0.3, 0.4) is 0 Å². The highest BCUT2D eigenvalue weighted by Crippen LogP contribution is 2.16. The number of likely N-dealkylation sites (tertiary alicyclic amines) is 1. The highest BCUT2D eigenvalue weighted by atomic mass is 16.4. The quantitative estimate of drug-likeness (QED) is 0.701. The van der Waals surface area contributed by atoms with Gasteiger partial charge in [-0.1, -0.05) is 0 Å². The van der Waals surface area contributed by atoms with Crippen molar-refractivity contribution in [2.24, 2.45) is 5.92 Å². The third kappa shape index (κ3) is 4.86. The van der Waals surface area contributed by atoms with Crippen molar-refractivity contribution in [1.82, 2.24) is 20.0 Å². The molecule has 0 bridgehead atoms. The van der Waals surface area contributed by atoms with Crippen LogP contribution in [0, 0.1) is 5.92 Å². The smallest absolute Gasteiger partial charge is 0.306 e. The van der Waals surface area contributed by atoms with E-state index in [1.165, 1.54) is 0 Å². The molecule has 2 N–H and O–H groups in total. The van der Waals surface area contributed by atoms with Crippen LogP contribution in [0.5, 0.6) is 0 Å². The van der Waals surface area contributed by atoms with Gasteiger partial charge in [0.15, 0.2) is 0 Å². The Bertz CT molecular complexity index is 453. The maximum absolute atomic E-state index is 12.0. The second-order valence-corrected chi connectivity index (χ2v) is 5.29. The van der Waals surface area contributed by atoms with Crippen LogP contribution in [-0.2, 0) is 16.1 Å². The van der Waals surface area contributed by atoms with E-state index in [1.807, 2.05) is 16.9 Å². The van der Waals surface area contributed by atoms with Gasteiger partial charge in [-0.15, -0.1) is 0 Å². The molecule has 0 aromatic carbocycles. The predicted octanol–water partition coefficient (Wildman–Crippen LogP) is 0.186. The Morgan fingerprint density at radius 1 is 1.33 bits per heavy atom. The van der Waals surface area contributed by atoms with E-state index in [0.29, 0.717) is 32.5 Å². The number of carboxylic acids is 1. The molecular weight excluding hydrogens is 272 g/mol. The molecule has 1 saturated heterocycles. The minimum atomic E-state index is -0.751. The van der Waals surface area contributed by atoms with Crippen molar-refractivity contribution >= 4 is 11.9 Å². The van der Waals surface area contributed by atoms with Crippen LogP contribution in [0.25, 0.3) is 0 Å². The van der Waals surface area contributed by atoms with Gasteiger partial charge in [-0.3, -0.25) is 14.3 Å². The highest BCUT2D eigenvalue weighted by Gasteiger charge is 2.26. The van der Waals surface area contributed by atoms with E-state index in [4.69, 9.17) is 5.11 Å². The summed E-state index contributed by atoms with van der Waals surface area (Å²) in [5.74, 6) is -0.993. The molecule has 7 heteroatoms. The van der Waals surface area contributed by atoms with Gasteiger partial charge in [0, 0.05) is 32.0 Å². The SMILES string of the molecule is O=C(O)C1CCN(C(=O)CNCCCn2cccn2)CC1. The highest BCUT2D eigenvalue weighted by molar-refractivity contribution is 5.78. The molecular formula is C14H22N4O3. The Balaban J connectivity index is 1.56. The number of carboxylic acid groups (broad SMARTS) is 1. The molecule has 2 rings (SSSR count). The van der Waals surface area contributed by atoms with E-state index in [2.05, 4.69) is 10.4 Å². The van der Waals surface area contributed by atoms with E-state index in [1.54, 1.807) is 11.1 Å². The summed E-state index contributed by atoms with van der Waals surface area (Å²) >= 11 is 0. The number of piperidine rings is 1. The summed E-state index contributed by atoms with van der Waals surface area (Å²) in [5.41, 5.74) is 0. The second-order valence-electron chi connectivity index (χ2n) is 5.29. The Kier molecular flexibility index (Phi) is 5.74. The van der Waals surface area contributed by atoms with Crippen molar-refractivity contribution in [3.05, 3.63) is 18.5 Å². The number of carbonyl (C=O) groups is 2. The maximum Gasteiger partial charge on any atom is 0.306 e. The van der Waals surface area contributed by atoms with Crippen LogP contribution >= 0.6 is 0 Å². The van der Waals surface area contributed by atoms with Gasteiger partial charge < -0.3 is 15.3 Å². The number of rotatable bonds is 7. The normalized spacial score (nSPS) is 16.1. The van der Waals surface area contributed by atoms with Crippen molar-refractivity contribution in [3.8, 4) is 0 Å². The number of nitrogens with zero attached hydrogens (tertiary/aromatic N) is 3. The largest absolute Gasteiger partial charge is 0.481 e. The molecule has 0 radical (unpaired) electrons. The van der Waals surface area contributed by atoms with Gasteiger partial charge >= 0.3 is 5.97 Å². The van der Waals surface area contributed by atoms with E-state index >= 15 is 0 Å². The first-order valence-electron chi connectivity index (χ1n) is 7.35. The van der Waals surface area contributed by atoms with Crippen molar-refractivity contribution < 1.29 is 14.7 Å². The lowest BCUT2D eigenvalue weighted by molar-refractivity contribution is -0.145. The topological polar surface area (TPSA) is 87.5 Å². The van der Waals surface area contributed by atoms with Crippen molar-refractivity contribution in [3.63, 3.8) is 0 Å². The average Bonchev–Trinajstić information content (AvgIpc) is 3.00. The Morgan fingerprint density at radius 2 is 2.10 bits per heavy atom. The standard InChI is InChI=1S/C14H22N4O3/c19-13(17-9-3-12(4-10-17)14(20)21)11-15-5-1-7-18-8-2-6-16-18/h2,6,8,12,15H,1,3-5,7,9-11H2,(H,20,21). The summed E-state index contributed by atoms with van der Waals surface area (Å²) in [5, 5.41) is 16.2. The Labute approximate surface area is 123 Å². The molecule has 116 valence electrons. The summed E-state index contributed by atoms with van der Waals surface area (Å²) in [6.07, 6.45) is 5.69. The van der Waals surface area contributed by atoms with Gasteiger partial charge in [0.1, 0.15) is 0 Å². The minimum Gasteiger partial charge on any atom is -0.481 e. The zero-order valence-corrected chi connectivity index (χ0v) is 12.1. The third-order valence-electron chi connectivity index (χ3n) is 3.77. The summed E-state index contributed by atoms with van der Waals surface area (Å²) in [4.78, 5) is 24.6. The lowest BCUT2D eigenvalue weighted by Gasteiger charge is -2.30. The molecule has 7 nitrogen and oxygen atoms in total. The average molecular weight is 294 g/mol. The predicted molar refractivity (Wildman–Crippen MR) is 76.7 cm³/mol. The van der Waals surface area contributed by atoms with Crippen LogP contribution in [-0.4, -0.2) is 57.8 Å². The van der Waals surface area contributed by atoms with E-state index in [0.717, 1.165) is 19.5 Å². The second kappa shape index (κ2) is 7.78. The fraction of sp³-hybridized carbons (Fsp3) is 0.643. The molecule has 21 heavy (non-hydrogen) atoms. The van der Waals surface area contributed by atoms with E-state index in [-0.39, 0.29) is 11.8 Å². The molecule has 1 amide bonds. The zero-order valence-electron chi connectivity index (χ0n) is 12.1. The number of aryl methyl sites for hydroxylation is 1. The molecule has 0 atom stereocenters. The van der Waals surface area contributed by atoms with Gasteiger partial charge in [-0.05, 0) is 31.9 Å². The number of aromatic nitrogens is 2. The van der Waals surface area contributed by atoms with E-state index in [9.17, 15) is 9.59 Å². The summed E-state index contributed by atoms with van der Waals surface area (Å²) in [6.45, 7) is 3.00. The fourth-order valence-electron chi connectivity index (χ4n) is 2.48. The lowest BCUT2D eigenvalue weighted by Crippen LogP contribution is -2.44. The number of hydrogen-bond donors (Lipinski definition) is 2. The van der Waals surface area contributed by atoms with Crippen molar-refractivity contribution in [1.29, 1.82) is 0 Å². The van der Waals surface area contributed by atoms with E-state index < -0.39 is 5.97 Å². The number of carbonyl (C=O) groups excluding carboxylic acids is 1. The van der Waals surface area contributed by atoms with Gasteiger partial charge in [0.2, 0.25) is 5.91 Å². The first-order valence-corrected chi connectivity index (χ1v) is 7.35. The Morgan fingerprint density at radius 3 is 2.71 bits per heavy atom. The first-order chi connectivity index (χ1) is 10.2. The summed E-state index contributed by atoms with van der Waals surface area (Å²) < 4.78 is 1.86.